The molecule has 22 nitrogen and oxygen atoms in total. The van der Waals surface area contributed by atoms with Gasteiger partial charge in [-0.15, -0.1) is 0 Å². The Morgan fingerprint density at radius 3 is 0.871 bits per heavy atom. The van der Waals surface area contributed by atoms with Gasteiger partial charge in [-0.05, 0) is 71.5 Å². The molecule has 380 valence electrons. The molecule has 22 heteroatoms. The zero-order chi connectivity index (χ0) is 52.6. The minimum absolute atomic E-state index is 0.0236. The van der Waals surface area contributed by atoms with Crippen molar-refractivity contribution in [2.75, 3.05) is 78.9 Å². The molecule has 0 unspecified atom stereocenters. The van der Waals surface area contributed by atoms with Crippen molar-refractivity contribution >= 4 is 35.8 Å². The SMILES string of the molecule is CC1(C)CC(NCCOCCN(CCOCCNC2=C(C#N)C(=C(C(=O)O)C(=O)O)CC(C)(C)C2)CCOCCNC2=C(C#N)C(=C(C(=O)O)C(=O)O)CC(C)(C)C2)=C(C#N)C(=C(C(=O)O)C(=O)O)C1. The predicted octanol–water partition coefficient (Wildman–Crippen LogP) is 3.30. The first kappa shape index (κ1) is 57.3. The molecule has 0 bridgehead atoms. The van der Waals surface area contributed by atoms with Gasteiger partial charge in [0.15, 0.2) is 0 Å². The van der Waals surface area contributed by atoms with Crippen LogP contribution in [0, 0.1) is 50.2 Å². The molecular formula is C48H63N7O15. The van der Waals surface area contributed by atoms with Crippen LogP contribution in [-0.4, -0.2) is 150 Å². The Morgan fingerprint density at radius 2 is 0.671 bits per heavy atom. The molecule has 0 aromatic carbocycles. The molecule has 0 amide bonds. The zero-order valence-corrected chi connectivity index (χ0v) is 40.4. The van der Waals surface area contributed by atoms with E-state index in [0.717, 1.165) is 0 Å². The van der Waals surface area contributed by atoms with Gasteiger partial charge >= 0.3 is 35.8 Å². The highest BCUT2D eigenvalue weighted by Crippen LogP contribution is 2.44. The van der Waals surface area contributed by atoms with Gasteiger partial charge in [-0.1, -0.05) is 41.5 Å². The van der Waals surface area contributed by atoms with Crippen LogP contribution in [0.5, 0.6) is 0 Å². The lowest BCUT2D eigenvalue weighted by Gasteiger charge is -2.34. The topological polar surface area (TPSA) is 362 Å². The largest absolute Gasteiger partial charge is 0.477 e. The minimum atomic E-state index is -1.64. The minimum Gasteiger partial charge on any atom is -0.477 e. The summed E-state index contributed by atoms with van der Waals surface area (Å²) in [6, 6.07) is 5.94. The van der Waals surface area contributed by atoms with Crippen molar-refractivity contribution in [3.63, 3.8) is 0 Å². The summed E-state index contributed by atoms with van der Waals surface area (Å²) in [5.74, 6) is -9.82. The first-order valence-corrected chi connectivity index (χ1v) is 22.5. The van der Waals surface area contributed by atoms with Crippen LogP contribution in [0.15, 0.2) is 67.2 Å². The van der Waals surface area contributed by atoms with Crippen LogP contribution in [0.25, 0.3) is 0 Å². The third-order valence-corrected chi connectivity index (χ3v) is 11.7. The van der Waals surface area contributed by atoms with Crippen LogP contribution in [0.2, 0.25) is 0 Å². The number of carbonyl (C=O) groups is 6. The lowest BCUT2D eigenvalue weighted by molar-refractivity contribution is -0.142. The van der Waals surface area contributed by atoms with Crippen LogP contribution in [0.3, 0.4) is 0 Å². The second kappa shape index (κ2) is 25.5. The maximum atomic E-state index is 11.8. The molecule has 0 radical (unpaired) electrons. The molecule has 0 fully saturated rings. The van der Waals surface area contributed by atoms with E-state index in [-0.39, 0.29) is 112 Å². The van der Waals surface area contributed by atoms with Gasteiger partial charge in [-0.25, -0.2) is 28.8 Å². The van der Waals surface area contributed by atoms with Crippen molar-refractivity contribution in [3.05, 3.63) is 67.2 Å². The van der Waals surface area contributed by atoms with Gasteiger partial charge in [0, 0.05) is 56.4 Å². The quantitative estimate of drug-likeness (QED) is 0.0247. The molecule has 9 N–H and O–H groups in total. The number of nitrogens with zero attached hydrogens (tertiary/aromatic N) is 4. The lowest BCUT2D eigenvalue weighted by Crippen LogP contribution is -2.36. The predicted molar refractivity (Wildman–Crippen MR) is 247 cm³/mol. The first-order valence-electron chi connectivity index (χ1n) is 22.5. The molecule has 3 aliphatic carbocycles. The average Bonchev–Trinajstić information content (AvgIpc) is 3.22. The van der Waals surface area contributed by atoms with E-state index < -0.39 is 68.8 Å². The first-order chi connectivity index (χ1) is 32.8. The maximum absolute atomic E-state index is 11.8. The van der Waals surface area contributed by atoms with Crippen LogP contribution in [0.1, 0.15) is 80.1 Å². The molecule has 0 aliphatic heterocycles. The third kappa shape index (κ3) is 16.3. The number of carboxylic acid groups (broad SMARTS) is 6. The maximum Gasteiger partial charge on any atom is 0.343 e. The molecular weight excluding hydrogens is 915 g/mol. The average molecular weight is 978 g/mol. The van der Waals surface area contributed by atoms with Crippen LogP contribution >= 0.6 is 0 Å². The molecule has 0 spiro atoms. The molecule has 0 aromatic rings. The van der Waals surface area contributed by atoms with Crippen molar-refractivity contribution in [1.29, 1.82) is 15.8 Å². The van der Waals surface area contributed by atoms with Crippen LogP contribution in [-0.2, 0) is 43.0 Å². The van der Waals surface area contributed by atoms with Crippen molar-refractivity contribution < 1.29 is 73.6 Å². The third-order valence-electron chi connectivity index (χ3n) is 11.7. The number of allylic oxidation sites excluding steroid dienone is 9. The Hall–Kier alpha value is -7.03. The molecule has 0 heterocycles. The van der Waals surface area contributed by atoms with Gasteiger partial charge in [0.1, 0.15) is 34.9 Å². The number of rotatable bonds is 27. The van der Waals surface area contributed by atoms with E-state index in [1.54, 1.807) is 0 Å². The highest BCUT2D eigenvalue weighted by atomic mass is 16.5. The molecule has 0 saturated carbocycles. The van der Waals surface area contributed by atoms with Gasteiger partial charge in [-0.2, -0.15) is 15.8 Å². The van der Waals surface area contributed by atoms with Gasteiger partial charge in [-0.3, -0.25) is 4.90 Å². The van der Waals surface area contributed by atoms with Crippen LogP contribution in [0.4, 0.5) is 0 Å². The monoisotopic (exact) mass is 977 g/mol. The summed E-state index contributed by atoms with van der Waals surface area (Å²) in [5.41, 5.74) is -3.13. The summed E-state index contributed by atoms with van der Waals surface area (Å²) < 4.78 is 17.7. The zero-order valence-electron chi connectivity index (χ0n) is 40.4. The normalized spacial score (nSPS) is 17.2. The highest BCUT2D eigenvalue weighted by molar-refractivity contribution is 6.15. The Balaban J connectivity index is 1.67. The molecule has 70 heavy (non-hydrogen) atoms. The number of nitrogens with one attached hydrogen (secondary N) is 3. The Labute approximate surface area is 405 Å². The van der Waals surface area contributed by atoms with Crippen molar-refractivity contribution in [2.45, 2.75) is 80.1 Å². The van der Waals surface area contributed by atoms with Crippen LogP contribution < -0.4 is 16.0 Å². The second-order valence-corrected chi connectivity index (χ2v) is 19.3. The lowest BCUT2D eigenvalue weighted by atomic mass is 9.72. The smallest absolute Gasteiger partial charge is 0.343 e. The van der Waals surface area contributed by atoms with Crippen molar-refractivity contribution in [2.24, 2.45) is 16.2 Å². The van der Waals surface area contributed by atoms with Gasteiger partial charge in [0.05, 0.1) is 56.4 Å². The standard InChI is InChI=1S/C48H63N7O15/c1-46(2)19-28(37(40(56)57)41(58)59)31(25-49)34(22-46)52-7-13-68-16-10-55(11-17-69-14-8-53-35-23-47(3,4)20-29(32(35)26-50)38(42(60)61)43(62)63)12-18-70-15-9-54-36-24-48(5,6)21-30(33(36)27-51)39(44(64)65)45(66)67/h52-54H,7-24H2,1-6H3,(H,56,57)(H,58,59)(H,60,61)(H,62,63)(H,64,65)(H,66,67). The van der Waals surface area contributed by atoms with Gasteiger partial charge < -0.3 is 60.8 Å². The van der Waals surface area contributed by atoms with E-state index in [1.165, 1.54) is 0 Å². The van der Waals surface area contributed by atoms with Gasteiger partial charge in [0.25, 0.3) is 0 Å². The number of ether oxygens (including phenoxy) is 3. The second-order valence-electron chi connectivity index (χ2n) is 19.3. The fourth-order valence-electron chi connectivity index (χ4n) is 8.73. The number of hydrogen-bond donors (Lipinski definition) is 9. The molecule has 0 aromatic heterocycles. The Bertz CT molecular complexity index is 2090. The highest BCUT2D eigenvalue weighted by Gasteiger charge is 2.39. The summed E-state index contributed by atoms with van der Waals surface area (Å²) in [7, 11) is 0. The van der Waals surface area contributed by atoms with Gasteiger partial charge in [0.2, 0.25) is 0 Å². The Morgan fingerprint density at radius 1 is 0.443 bits per heavy atom. The Kier molecular flexibility index (Phi) is 20.9. The number of carboxylic acids is 6. The fraction of sp³-hybridized carbons (Fsp3) is 0.562. The van der Waals surface area contributed by atoms with E-state index in [2.05, 4.69) is 16.0 Å². The molecule has 3 rings (SSSR count). The van der Waals surface area contributed by atoms with E-state index in [9.17, 15) is 75.2 Å². The van der Waals surface area contributed by atoms with Crippen molar-refractivity contribution in [3.8, 4) is 18.2 Å². The summed E-state index contributed by atoms with van der Waals surface area (Å²) in [6.07, 6.45) is 1.38. The van der Waals surface area contributed by atoms with E-state index >= 15 is 0 Å². The van der Waals surface area contributed by atoms with E-state index in [1.807, 2.05) is 64.6 Å². The molecule has 3 aliphatic rings. The van der Waals surface area contributed by atoms with E-state index in [4.69, 9.17) is 14.2 Å². The number of hydrogen-bond acceptors (Lipinski definition) is 16. The molecule has 0 saturated heterocycles. The fourth-order valence-corrected chi connectivity index (χ4v) is 8.73. The number of nitriles is 3. The van der Waals surface area contributed by atoms with Crippen molar-refractivity contribution in [1.82, 2.24) is 20.9 Å². The number of aliphatic carboxylic acids is 6. The summed E-state index contributed by atoms with van der Waals surface area (Å²) >= 11 is 0. The summed E-state index contributed by atoms with van der Waals surface area (Å²) in [6.45, 7) is 14.2. The van der Waals surface area contributed by atoms with E-state index in [0.29, 0.717) is 56.0 Å². The summed E-state index contributed by atoms with van der Waals surface area (Å²) in [5, 5.41) is 96.9. The molecule has 0 atom stereocenters. The summed E-state index contributed by atoms with van der Waals surface area (Å²) in [4.78, 5) is 73.0.